The zero-order chi connectivity index (χ0) is 10.0. The van der Waals surface area contributed by atoms with Gasteiger partial charge in [-0.2, -0.15) is 0 Å². The van der Waals surface area contributed by atoms with Crippen LogP contribution in [0.2, 0.25) is 10.0 Å². The van der Waals surface area contributed by atoms with Crippen LogP contribution in [0.1, 0.15) is 10.4 Å². The second kappa shape index (κ2) is 4.65. The first kappa shape index (κ1) is 11.3. The number of halogens is 4. The first-order valence-corrected chi connectivity index (χ1v) is 5.35. The molecule has 0 amide bonds. The molecule has 0 aliphatic rings. The van der Waals surface area contributed by atoms with E-state index in [4.69, 9.17) is 34.8 Å². The maximum atomic E-state index is 10.8. The van der Waals surface area contributed by atoms with Gasteiger partial charge in [0.2, 0.25) is 5.24 Å². The van der Waals surface area contributed by atoms with Gasteiger partial charge in [-0.3, -0.25) is 4.79 Å². The Morgan fingerprint density at radius 2 is 1.92 bits per heavy atom. The third kappa shape index (κ3) is 2.84. The topological polar surface area (TPSA) is 17.1 Å². The summed E-state index contributed by atoms with van der Waals surface area (Å²) >= 11 is 19.9. The van der Waals surface area contributed by atoms with Crippen LogP contribution in [-0.2, 0) is 4.79 Å². The lowest BCUT2D eigenvalue weighted by molar-refractivity contribution is -0.111. The number of carbonyl (C=O) groups is 1. The third-order valence-electron chi connectivity index (χ3n) is 1.44. The Morgan fingerprint density at radius 3 is 2.38 bits per heavy atom. The summed E-state index contributed by atoms with van der Waals surface area (Å²) in [5.41, 5.74) is 0.689. The van der Waals surface area contributed by atoms with Crippen LogP contribution >= 0.6 is 50.7 Å². The predicted molar refractivity (Wildman–Crippen MR) is 59.0 cm³/mol. The molecule has 1 atom stereocenters. The summed E-state index contributed by atoms with van der Waals surface area (Å²) in [6.45, 7) is 0. The van der Waals surface area contributed by atoms with Crippen molar-refractivity contribution in [1.29, 1.82) is 0 Å². The molecular weight excluding hydrogens is 298 g/mol. The van der Waals surface area contributed by atoms with Crippen LogP contribution in [0.3, 0.4) is 0 Å². The number of hydrogen-bond acceptors (Lipinski definition) is 1. The molecule has 0 heterocycles. The molecule has 5 heteroatoms. The average Bonchev–Trinajstić information content (AvgIpc) is 2.08. The van der Waals surface area contributed by atoms with Gasteiger partial charge in [0.15, 0.2) is 0 Å². The molecule has 0 radical (unpaired) electrons. The summed E-state index contributed by atoms with van der Waals surface area (Å²) < 4.78 is 0. The van der Waals surface area contributed by atoms with Gasteiger partial charge in [-0.25, -0.2) is 0 Å². The maximum Gasteiger partial charge on any atom is 0.239 e. The second-order valence-corrected chi connectivity index (χ2v) is 4.44. The average molecular weight is 302 g/mol. The van der Waals surface area contributed by atoms with E-state index in [9.17, 15) is 4.79 Å². The molecule has 0 N–H and O–H groups in total. The van der Waals surface area contributed by atoms with Crippen LogP contribution in [0.4, 0.5) is 0 Å². The Morgan fingerprint density at radius 1 is 1.31 bits per heavy atom. The summed E-state index contributed by atoms with van der Waals surface area (Å²) in [6, 6.07) is 4.91. The second-order valence-electron chi connectivity index (χ2n) is 2.34. The van der Waals surface area contributed by atoms with Crippen molar-refractivity contribution < 1.29 is 4.79 Å². The highest BCUT2D eigenvalue weighted by atomic mass is 79.9. The number of rotatable bonds is 2. The lowest BCUT2D eigenvalue weighted by Crippen LogP contribution is -1.97. The molecule has 0 aliphatic heterocycles. The first-order valence-electron chi connectivity index (χ1n) is 3.30. The minimum atomic E-state index is -0.538. The van der Waals surface area contributed by atoms with Gasteiger partial charge in [0.25, 0.3) is 0 Å². The van der Waals surface area contributed by atoms with E-state index >= 15 is 0 Å². The van der Waals surface area contributed by atoms with Gasteiger partial charge in [-0.05, 0) is 29.3 Å². The van der Waals surface area contributed by atoms with E-state index in [1.165, 1.54) is 0 Å². The quantitative estimate of drug-likeness (QED) is 0.591. The molecule has 1 unspecified atom stereocenters. The summed E-state index contributed by atoms with van der Waals surface area (Å²) in [5.74, 6) is 0. The highest BCUT2D eigenvalue weighted by Crippen LogP contribution is 2.30. The Hall–Kier alpha value is 0.240. The highest BCUT2D eigenvalue weighted by molar-refractivity contribution is 9.09. The van der Waals surface area contributed by atoms with E-state index in [-0.39, 0.29) is 0 Å². The molecule has 1 rings (SSSR count). The molecule has 0 aromatic heterocycles. The minimum Gasteiger partial charge on any atom is -0.280 e. The van der Waals surface area contributed by atoms with Crippen LogP contribution in [0.15, 0.2) is 18.2 Å². The summed E-state index contributed by atoms with van der Waals surface area (Å²) in [7, 11) is 0. The Labute approximate surface area is 99.1 Å². The molecule has 1 aromatic carbocycles. The molecule has 0 saturated heterocycles. The van der Waals surface area contributed by atoms with E-state index in [1.807, 2.05) is 0 Å². The van der Waals surface area contributed by atoms with Crippen molar-refractivity contribution in [3.8, 4) is 0 Å². The van der Waals surface area contributed by atoms with Crippen molar-refractivity contribution in [2.24, 2.45) is 0 Å². The molecule has 1 nitrogen and oxygen atoms in total. The molecule has 13 heavy (non-hydrogen) atoms. The number of alkyl halides is 1. The molecule has 0 saturated carbocycles. The number of benzene rings is 1. The Bertz CT molecular complexity index is 340. The van der Waals surface area contributed by atoms with Crippen molar-refractivity contribution in [2.45, 2.75) is 4.83 Å². The predicted octanol–water partition coefficient (Wildman–Crippen LogP) is 4.19. The van der Waals surface area contributed by atoms with Crippen molar-refractivity contribution in [3.05, 3.63) is 33.8 Å². The lowest BCUT2D eigenvalue weighted by Gasteiger charge is -2.05. The summed E-state index contributed by atoms with van der Waals surface area (Å²) in [4.78, 5) is 10.2. The van der Waals surface area contributed by atoms with E-state index in [1.54, 1.807) is 18.2 Å². The van der Waals surface area contributed by atoms with Gasteiger partial charge < -0.3 is 0 Å². The highest BCUT2D eigenvalue weighted by Gasteiger charge is 2.15. The standard InChI is InChI=1S/C8H4BrCl3O/c9-7(8(12)13)4-1-2-5(10)6(11)3-4/h1-3,7H. The van der Waals surface area contributed by atoms with Crippen LogP contribution in [0.5, 0.6) is 0 Å². The maximum absolute atomic E-state index is 10.8. The van der Waals surface area contributed by atoms with Crippen molar-refractivity contribution in [3.63, 3.8) is 0 Å². The Kier molecular flexibility index (Phi) is 4.05. The summed E-state index contributed by atoms with van der Waals surface area (Å²) in [6.07, 6.45) is 0. The minimum absolute atomic E-state index is 0.404. The smallest absolute Gasteiger partial charge is 0.239 e. The fourth-order valence-electron chi connectivity index (χ4n) is 0.801. The van der Waals surface area contributed by atoms with E-state index in [2.05, 4.69) is 15.9 Å². The largest absolute Gasteiger partial charge is 0.280 e. The van der Waals surface area contributed by atoms with Gasteiger partial charge in [-0.1, -0.05) is 45.2 Å². The van der Waals surface area contributed by atoms with Crippen LogP contribution in [0.25, 0.3) is 0 Å². The van der Waals surface area contributed by atoms with Gasteiger partial charge >= 0.3 is 0 Å². The van der Waals surface area contributed by atoms with Crippen LogP contribution < -0.4 is 0 Å². The zero-order valence-corrected chi connectivity index (χ0v) is 10.1. The fraction of sp³-hybridized carbons (Fsp3) is 0.125. The lowest BCUT2D eigenvalue weighted by atomic mass is 10.2. The van der Waals surface area contributed by atoms with E-state index in [0.717, 1.165) is 0 Å². The van der Waals surface area contributed by atoms with Crippen molar-refractivity contribution in [2.75, 3.05) is 0 Å². The molecule has 0 spiro atoms. The van der Waals surface area contributed by atoms with Gasteiger partial charge in [0, 0.05) is 0 Å². The van der Waals surface area contributed by atoms with Gasteiger partial charge in [-0.15, -0.1) is 0 Å². The van der Waals surface area contributed by atoms with Crippen molar-refractivity contribution in [1.82, 2.24) is 0 Å². The molecule has 1 aromatic rings. The van der Waals surface area contributed by atoms with Crippen LogP contribution in [-0.4, -0.2) is 5.24 Å². The first-order chi connectivity index (χ1) is 6.02. The molecule has 0 fully saturated rings. The van der Waals surface area contributed by atoms with Crippen molar-refractivity contribution >= 4 is 56.0 Å². The molecule has 0 aliphatic carbocycles. The SMILES string of the molecule is O=C(Cl)C(Br)c1ccc(Cl)c(Cl)c1. The van der Waals surface area contributed by atoms with Crippen LogP contribution in [0, 0.1) is 0 Å². The van der Waals surface area contributed by atoms with E-state index < -0.39 is 10.1 Å². The monoisotopic (exact) mass is 300 g/mol. The number of carbonyl (C=O) groups excluding carboxylic acids is 1. The van der Waals surface area contributed by atoms with E-state index in [0.29, 0.717) is 15.6 Å². The van der Waals surface area contributed by atoms with Gasteiger partial charge in [0.05, 0.1) is 10.0 Å². The molecule has 70 valence electrons. The fourth-order valence-corrected chi connectivity index (χ4v) is 1.52. The zero-order valence-electron chi connectivity index (χ0n) is 6.23. The third-order valence-corrected chi connectivity index (χ3v) is 3.60. The number of hydrogen-bond donors (Lipinski definition) is 0. The molecular formula is C8H4BrCl3O. The normalized spacial score (nSPS) is 12.6. The summed E-state index contributed by atoms with van der Waals surface area (Å²) in [5, 5.41) is 0.368. The Balaban J connectivity index is 3.03. The molecule has 0 bridgehead atoms. The van der Waals surface area contributed by atoms with Gasteiger partial charge in [0.1, 0.15) is 4.83 Å².